The molecule has 11 nitrogen and oxygen atoms in total. The lowest BCUT2D eigenvalue weighted by molar-refractivity contribution is -0.158. The van der Waals surface area contributed by atoms with Crippen molar-refractivity contribution < 1.29 is 43.0 Å². The van der Waals surface area contributed by atoms with Crippen molar-refractivity contribution in [3.63, 3.8) is 0 Å². The van der Waals surface area contributed by atoms with Crippen LogP contribution in [0, 0.1) is 0 Å². The summed E-state index contributed by atoms with van der Waals surface area (Å²) in [5.41, 5.74) is 0. The van der Waals surface area contributed by atoms with E-state index in [1.807, 2.05) is 19.4 Å². The number of ether oxygens (including phenoxy) is 3. The van der Waals surface area contributed by atoms with Gasteiger partial charge in [0.15, 0.2) is 0 Å². The van der Waals surface area contributed by atoms with Crippen molar-refractivity contribution >= 4 is 59.0 Å². The number of ketones is 1. The Bertz CT molecular complexity index is 1200. The molecule has 0 aliphatic carbocycles. The Labute approximate surface area is 450 Å². The highest BCUT2D eigenvalue weighted by Crippen LogP contribution is 2.17. The fourth-order valence-corrected chi connectivity index (χ4v) is 9.11. The van der Waals surface area contributed by atoms with E-state index in [0.717, 1.165) is 38.1 Å². The molecule has 0 bridgehead atoms. The Hall–Kier alpha value is -2.80. The largest absolute Gasteiger partial charge is 0.469 e. The van der Waals surface area contributed by atoms with Crippen molar-refractivity contribution in [3.8, 4) is 0 Å². The van der Waals surface area contributed by atoms with Crippen molar-refractivity contribution in [1.82, 2.24) is 10.6 Å². The van der Waals surface area contributed by atoms with Crippen LogP contribution in [0.5, 0.6) is 0 Å². The molecule has 0 saturated heterocycles. The summed E-state index contributed by atoms with van der Waals surface area (Å²) in [4.78, 5) is 67.7. The van der Waals surface area contributed by atoms with Crippen LogP contribution in [0.25, 0.3) is 0 Å². The number of rotatable bonds is 50. The Morgan fingerprint density at radius 1 is 0.431 bits per heavy atom. The third-order valence-electron chi connectivity index (χ3n) is 12.5. The van der Waals surface area contributed by atoms with Crippen LogP contribution in [0.4, 0.5) is 0 Å². The number of thioether (sulfide) groups is 2. The number of hydrogen-bond acceptors (Lipinski definition) is 11. The van der Waals surface area contributed by atoms with Gasteiger partial charge in [-0.05, 0) is 25.4 Å². The van der Waals surface area contributed by atoms with Gasteiger partial charge < -0.3 is 24.8 Å². The summed E-state index contributed by atoms with van der Waals surface area (Å²) < 4.78 is 14.9. The van der Waals surface area contributed by atoms with Crippen LogP contribution < -0.4 is 10.6 Å². The first-order valence-electron chi connectivity index (χ1n) is 28.8. The first-order chi connectivity index (χ1) is 35.0. The van der Waals surface area contributed by atoms with E-state index >= 15 is 0 Å². The maximum absolute atomic E-state index is 11.6. The highest BCUT2D eigenvalue weighted by atomic mass is 32.2. The molecule has 2 amide bonds. The predicted octanol–water partition coefficient (Wildman–Crippen LogP) is 15.3. The van der Waals surface area contributed by atoms with Gasteiger partial charge in [-0.25, -0.2) is 9.59 Å². The van der Waals surface area contributed by atoms with Crippen molar-refractivity contribution in [2.24, 2.45) is 0 Å². The molecular formula is C59H110N2O9S2. The minimum absolute atomic E-state index is 0.0257. The van der Waals surface area contributed by atoms with Crippen LogP contribution in [-0.2, 0) is 43.0 Å². The van der Waals surface area contributed by atoms with E-state index in [0.29, 0.717) is 30.8 Å². The number of carbonyl (C=O) groups is 6. The van der Waals surface area contributed by atoms with Crippen molar-refractivity contribution in [1.29, 1.82) is 0 Å². The summed E-state index contributed by atoms with van der Waals surface area (Å²) in [5, 5.41) is 5.79. The lowest BCUT2D eigenvalue weighted by atomic mass is 10.0. The monoisotopic (exact) mass is 1050 g/mol. The lowest BCUT2D eigenvalue weighted by Gasteiger charge is -2.25. The van der Waals surface area contributed by atoms with Gasteiger partial charge in [-0.1, -0.05) is 227 Å². The Balaban J connectivity index is -0.00000101. The predicted molar refractivity (Wildman–Crippen MR) is 308 cm³/mol. The molecule has 2 unspecified atom stereocenters. The second-order valence-corrected chi connectivity index (χ2v) is 20.9. The first-order valence-corrected chi connectivity index (χ1v) is 31.5. The zero-order chi connectivity index (χ0) is 54.0. The van der Waals surface area contributed by atoms with Gasteiger partial charge in [0, 0.05) is 62.4 Å². The topological polar surface area (TPSA) is 154 Å². The summed E-state index contributed by atoms with van der Waals surface area (Å²) in [5.74, 6) is -0.117. The standard InChI is InChI=1S/C24H47NO2.C23H45NO3.C12H18O4S2/c1-3-5-6-7-8-9-10-11-12-13-14-15-16-17-18-19-22-25-24(27)21-20-23(26)4-2;1-3-4-5-6-7-8-9-10-11-12-13-14-15-16-17-18-21-24-22(25)19-20-23(26)27-2;1-5-11(13)15-9(7-17-3)10(8-18-4)16-12(14)6-2/h3-22H2,1-2H3,(H,25,27);3-21H2,1-2H3,(H,24,25);5-6,9-10H,1-2,7-8H2,3-4H3. The molecule has 0 aliphatic heterocycles. The highest BCUT2D eigenvalue weighted by molar-refractivity contribution is 7.99. The summed E-state index contributed by atoms with van der Waals surface area (Å²) >= 11 is 3.03. The van der Waals surface area contributed by atoms with Crippen LogP contribution in [-0.4, -0.2) is 91.9 Å². The molecule has 0 heterocycles. The summed E-state index contributed by atoms with van der Waals surface area (Å²) in [6.07, 6.45) is 50.1. The first kappa shape index (κ1) is 73.4. The van der Waals surface area contributed by atoms with Crippen LogP contribution in [0.1, 0.15) is 258 Å². The molecule has 0 saturated carbocycles. The number of esters is 3. The third kappa shape index (κ3) is 58.1. The molecule has 72 heavy (non-hydrogen) atoms. The van der Waals surface area contributed by atoms with Crippen molar-refractivity contribution in [2.75, 3.05) is 44.2 Å². The summed E-state index contributed by atoms with van der Waals surface area (Å²) in [6.45, 7) is 14.6. The van der Waals surface area contributed by atoms with Gasteiger partial charge in [0.1, 0.15) is 18.0 Å². The molecule has 0 aromatic carbocycles. The molecule has 2 N–H and O–H groups in total. The molecular weight excluding hydrogens is 945 g/mol. The van der Waals surface area contributed by atoms with Crippen molar-refractivity contribution in [2.45, 2.75) is 271 Å². The van der Waals surface area contributed by atoms with Gasteiger partial charge in [-0.15, -0.1) is 0 Å². The summed E-state index contributed by atoms with van der Waals surface area (Å²) in [7, 11) is 1.34. The van der Waals surface area contributed by atoms with Gasteiger partial charge in [0.2, 0.25) is 11.8 Å². The fourth-order valence-electron chi connectivity index (χ4n) is 7.88. The molecule has 0 fully saturated rings. The molecule has 0 radical (unpaired) electrons. The van der Waals surface area contributed by atoms with Crippen LogP contribution in [0.3, 0.4) is 0 Å². The van der Waals surface area contributed by atoms with E-state index < -0.39 is 24.1 Å². The highest BCUT2D eigenvalue weighted by Gasteiger charge is 2.27. The Morgan fingerprint density at radius 3 is 0.958 bits per heavy atom. The molecule has 422 valence electrons. The second kappa shape index (κ2) is 60.8. The van der Waals surface area contributed by atoms with Gasteiger partial charge in [0.25, 0.3) is 0 Å². The number of Topliss-reactive ketones (excluding diaryl/α,β-unsaturated/α-hetero) is 1. The van der Waals surface area contributed by atoms with Crippen molar-refractivity contribution in [3.05, 3.63) is 25.3 Å². The van der Waals surface area contributed by atoms with E-state index in [1.54, 1.807) is 0 Å². The van der Waals surface area contributed by atoms with E-state index in [-0.39, 0.29) is 36.4 Å². The molecule has 2 atom stereocenters. The second-order valence-electron chi connectivity index (χ2n) is 19.0. The third-order valence-corrected chi connectivity index (χ3v) is 13.8. The van der Waals surface area contributed by atoms with Crippen LogP contribution in [0.2, 0.25) is 0 Å². The average molecular weight is 1060 g/mol. The average Bonchev–Trinajstić information content (AvgIpc) is 3.38. The van der Waals surface area contributed by atoms with Crippen LogP contribution in [0.15, 0.2) is 25.3 Å². The van der Waals surface area contributed by atoms with Crippen LogP contribution >= 0.6 is 23.5 Å². The molecule has 0 aromatic rings. The van der Waals surface area contributed by atoms with Gasteiger partial charge >= 0.3 is 17.9 Å². The number of unbranched alkanes of at least 4 members (excludes halogenated alkanes) is 30. The van der Waals surface area contributed by atoms with E-state index in [4.69, 9.17) is 9.47 Å². The molecule has 0 aliphatic rings. The minimum atomic E-state index is -0.519. The zero-order valence-electron chi connectivity index (χ0n) is 47.2. The normalized spacial score (nSPS) is 11.4. The lowest BCUT2D eigenvalue weighted by Crippen LogP contribution is -2.38. The smallest absolute Gasteiger partial charge is 0.330 e. The molecule has 0 spiro atoms. The zero-order valence-corrected chi connectivity index (χ0v) is 48.8. The minimum Gasteiger partial charge on any atom is -0.469 e. The maximum atomic E-state index is 11.6. The van der Waals surface area contributed by atoms with E-state index in [1.165, 1.54) is 223 Å². The SMILES string of the molecule is C=CC(=O)OC(CSC)C(CSC)OC(=O)C=C.CCCCCCCCCCCCCCCCCCNC(=O)CCC(=O)CC.CCCCCCCCCCCCCCCCCCNC(=O)CCC(=O)OC. The van der Waals surface area contributed by atoms with E-state index in [2.05, 4.69) is 42.4 Å². The Morgan fingerprint density at radius 2 is 0.708 bits per heavy atom. The molecule has 13 heteroatoms. The maximum Gasteiger partial charge on any atom is 0.330 e. The Kier molecular flexibility index (Phi) is 62.0. The van der Waals surface area contributed by atoms with Gasteiger partial charge in [0.05, 0.1) is 13.5 Å². The van der Waals surface area contributed by atoms with E-state index in [9.17, 15) is 28.8 Å². The molecule has 0 aromatic heterocycles. The number of carbonyl (C=O) groups excluding carboxylic acids is 6. The quantitative estimate of drug-likeness (QED) is 0.0259. The molecule has 0 rings (SSSR count). The number of nitrogens with one attached hydrogen (secondary N) is 2. The number of amides is 2. The fraction of sp³-hybridized carbons (Fsp3) is 0.831. The number of methoxy groups -OCH3 is 1. The van der Waals surface area contributed by atoms with Gasteiger partial charge in [-0.2, -0.15) is 23.5 Å². The number of hydrogen-bond donors (Lipinski definition) is 2. The summed E-state index contributed by atoms with van der Waals surface area (Å²) in [6, 6.07) is 0. The van der Waals surface area contributed by atoms with Gasteiger partial charge in [-0.3, -0.25) is 19.2 Å².